The van der Waals surface area contributed by atoms with Crippen LogP contribution >= 0.6 is 0 Å². The average Bonchev–Trinajstić information content (AvgIpc) is 2.64. The first-order valence-electron chi connectivity index (χ1n) is 10.5. The average molecular weight is 390 g/mol. The molecule has 1 amide bonds. The van der Waals surface area contributed by atoms with Crippen molar-refractivity contribution < 1.29 is 29.6 Å². The second-order valence-corrected chi connectivity index (χ2v) is 7.49. The van der Waals surface area contributed by atoms with Crippen molar-refractivity contribution >= 4 is 5.91 Å². The lowest BCUT2D eigenvalue weighted by molar-refractivity contribution is -0.270. The molecule has 0 aliphatic carbocycles. The van der Waals surface area contributed by atoms with Crippen LogP contribution in [0.5, 0.6) is 0 Å². The Morgan fingerprint density at radius 2 is 1.52 bits per heavy atom. The summed E-state index contributed by atoms with van der Waals surface area (Å²) >= 11 is 0. The van der Waals surface area contributed by atoms with Gasteiger partial charge in [0.05, 0.1) is 6.61 Å². The zero-order valence-electron chi connectivity index (χ0n) is 16.9. The fraction of sp³-hybridized carbons (Fsp3) is 0.950. The first-order chi connectivity index (χ1) is 13.0. The molecule has 1 fully saturated rings. The monoisotopic (exact) mass is 389 g/mol. The number of aliphatic hydroxyl groups excluding tert-OH is 3. The number of carbonyl (C=O) groups excluding carboxylic acids is 1. The third-order valence-electron chi connectivity index (χ3n) is 5.03. The molecule has 0 radical (unpaired) electrons. The third-order valence-corrected chi connectivity index (χ3v) is 5.03. The SMILES string of the molecule is CCCCCCCCCCCCOC1O[C@H](CO)[C@@H](O)[C@H](O)[C@H]1NC(C)=O. The van der Waals surface area contributed by atoms with Gasteiger partial charge in [-0.1, -0.05) is 64.7 Å². The van der Waals surface area contributed by atoms with E-state index >= 15 is 0 Å². The molecule has 1 aliphatic rings. The van der Waals surface area contributed by atoms with Gasteiger partial charge < -0.3 is 30.1 Å². The van der Waals surface area contributed by atoms with Crippen molar-refractivity contribution in [3.63, 3.8) is 0 Å². The van der Waals surface area contributed by atoms with Crippen molar-refractivity contribution in [2.24, 2.45) is 0 Å². The second kappa shape index (κ2) is 14.3. The Balaban J connectivity index is 2.23. The number of aliphatic hydroxyl groups is 3. The van der Waals surface area contributed by atoms with Crippen molar-refractivity contribution in [1.29, 1.82) is 0 Å². The predicted octanol–water partition coefficient (Wildman–Crippen LogP) is 1.87. The van der Waals surface area contributed by atoms with Gasteiger partial charge in [-0.05, 0) is 6.42 Å². The number of hydrogen-bond donors (Lipinski definition) is 4. The van der Waals surface area contributed by atoms with E-state index in [1.54, 1.807) is 0 Å². The van der Waals surface area contributed by atoms with Crippen molar-refractivity contribution in [2.45, 2.75) is 109 Å². The summed E-state index contributed by atoms with van der Waals surface area (Å²) in [5.41, 5.74) is 0. The molecule has 7 nitrogen and oxygen atoms in total. The molecular weight excluding hydrogens is 350 g/mol. The van der Waals surface area contributed by atoms with Crippen LogP contribution in [0, 0.1) is 0 Å². The van der Waals surface area contributed by atoms with Crippen molar-refractivity contribution in [3.05, 3.63) is 0 Å². The molecule has 4 N–H and O–H groups in total. The van der Waals surface area contributed by atoms with E-state index in [9.17, 15) is 20.1 Å². The first-order valence-corrected chi connectivity index (χ1v) is 10.5. The number of amides is 1. The van der Waals surface area contributed by atoms with Gasteiger partial charge in [-0.3, -0.25) is 4.79 Å². The summed E-state index contributed by atoms with van der Waals surface area (Å²) in [5, 5.41) is 32.0. The van der Waals surface area contributed by atoms with E-state index in [-0.39, 0.29) is 5.91 Å². The summed E-state index contributed by atoms with van der Waals surface area (Å²) in [4.78, 5) is 11.4. The van der Waals surface area contributed by atoms with E-state index in [0.717, 1.165) is 12.8 Å². The standard InChI is InChI=1S/C20H39NO6/c1-3-4-5-6-7-8-9-10-11-12-13-26-20-17(21-15(2)23)19(25)18(24)16(14-22)27-20/h16-20,22,24-25H,3-14H2,1-2H3,(H,21,23)/t16-,17-,18-,19-,20?/m1/s1. The number of nitrogens with one attached hydrogen (secondary N) is 1. The molecule has 0 aromatic rings. The van der Waals surface area contributed by atoms with Gasteiger partial charge in [0.25, 0.3) is 0 Å². The lowest BCUT2D eigenvalue weighted by Gasteiger charge is -2.42. The Hall–Kier alpha value is -0.730. The van der Waals surface area contributed by atoms with Crippen LogP contribution < -0.4 is 5.32 Å². The van der Waals surface area contributed by atoms with Crippen LogP contribution in [0.1, 0.15) is 78.1 Å². The van der Waals surface area contributed by atoms with E-state index in [4.69, 9.17) is 9.47 Å². The van der Waals surface area contributed by atoms with E-state index in [0.29, 0.717) is 6.61 Å². The van der Waals surface area contributed by atoms with Gasteiger partial charge >= 0.3 is 0 Å². The highest BCUT2D eigenvalue weighted by atomic mass is 16.7. The summed E-state index contributed by atoms with van der Waals surface area (Å²) in [7, 11) is 0. The molecule has 1 saturated heterocycles. The molecule has 27 heavy (non-hydrogen) atoms. The highest BCUT2D eigenvalue weighted by Gasteiger charge is 2.45. The Labute approximate surface area is 163 Å². The Bertz CT molecular complexity index is 395. The second-order valence-electron chi connectivity index (χ2n) is 7.49. The van der Waals surface area contributed by atoms with Gasteiger partial charge in [-0.2, -0.15) is 0 Å². The van der Waals surface area contributed by atoms with Crippen LogP contribution in [0.3, 0.4) is 0 Å². The molecule has 1 aliphatic heterocycles. The van der Waals surface area contributed by atoms with Crippen LogP contribution in [-0.4, -0.2) is 65.1 Å². The molecular formula is C20H39NO6. The molecule has 160 valence electrons. The molecule has 0 spiro atoms. The lowest BCUT2D eigenvalue weighted by Crippen LogP contribution is -2.64. The van der Waals surface area contributed by atoms with Crippen LogP contribution in [-0.2, 0) is 14.3 Å². The van der Waals surface area contributed by atoms with Gasteiger partial charge in [0.1, 0.15) is 24.4 Å². The molecule has 1 rings (SSSR count). The van der Waals surface area contributed by atoms with Crippen LogP contribution in [0.15, 0.2) is 0 Å². The fourth-order valence-corrected chi connectivity index (χ4v) is 3.40. The van der Waals surface area contributed by atoms with Gasteiger partial charge in [-0.15, -0.1) is 0 Å². The van der Waals surface area contributed by atoms with Gasteiger partial charge in [-0.25, -0.2) is 0 Å². The molecule has 0 aromatic heterocycles. The van der Waals surface area contributed by atoms with Crippen molar-refractivity contribution in [3.8, 4) is 0 Å². The lowest BCUT2D eigenvalue weighted by atomic mass is 9.97. The Morgan fingerprint density at radius 1 is 0.963 bits per heavy atom. The van der Waals surface area contributed by atoms with E-state index in [1.165, 1.54) is 58.3 Å². The third kappa shape index (κ3) is 9.34. The topological polar surface area (TPSA) is 108 Å². The number of unbranched alkanes of at least 4 members (excludes halogenated alkanes) is 9. The van der Waals surface area contributed by atoms with Gasteiger partial charge in [0.15, 0.2) is 6.29 Å². The Kier molecular flexibility index (Phi) is 12.9. The molecule has 0 bridgehead atoms. The summed E-state index contributed by atoms with van der Waals surface area (Å²) in [5.74, 6) is -0.343. The van der Waals surface area contributed by atoms with E-state index < -0.39 is 37.3 Å². The van der Waals surface area contributed by atoms with E-state index in [1.807, 2.05) is 0 Å². The minimum absolute atomic E-state index is 0.343. The maximum absolute atomic E-state index is 11.4. The molecule has 0 saturated carbocycles. The van der Waals surface area contributed by atoms with Crippen LogP contribution in [0.25, 0.3) is 0 Å². The number of carbonyl (C=O) groups is 1. The summed E-state index contributed by atoms with van der Waals surface area (Å²) in [6.07, 6.45) is 7.87. The summed E-state index contributed by atoms with van der Waals surface area (Å²) in [6.45, 7) is 3.57. The predicted molar refractivity (Wildman–Crippen MR) is 103 cm³/mol. The van der Waals surface area contributed by atoms with Gasteiger partial charge in [0.2, 0.25) is 5.91 Å². The highest BCUT2D eigenvalue weighted by Crippen LogP contribution is 2.22. The first kappa shape index (κ1) is 24.3. The summed E-state index contributed by atoms with van der Waals surface area (Å²) < 4.78 is 11.2. The molecule has 5 atom stereocenters. The zero-order chi connectivity index (χ0) is 20.1. The molecule has 1 heterocycles. The van der Waals surface area contributed by atoms with Crippen molar-refractivity contribution in [2.75, 3.05) is 13.2 Å². The maximum atomic E-state index is 11.4. The smallest absolute Gasteiger partial charge is 0.217 e. The zero-order valence-corrected chi connectivity index (χ0v) is 16.9. The van der Waals surface area contributed by atoms with Gasteiger partial charge in [0, 0.05) is 13.5 Å². The largest absolute Gasteiger partial charge is 0.394 e. The quantitative estimate of drug-likeness (QED) is 0.338. The molecule has 0 aromatic carbocycles. The Morgan fingerprint density at radius 3 is 2.04 bits per heavy atom. The molecule has 1 unspecified atom stereocenters. The maximum Gasteiger partial charge on any atom is 0.217 e. The number of hydrogen-bond acceptors (Lipinski definition) is 6. The summed E-state index contributed by atoms with van der Waals surface area (Å²) in [6, 6.07) is -0.858. The van der Waals surface area contributed by atoms with Crippen LogP contribution in [0.2, 0.25) is 0 Å². The van der Waals surface area contributed by atoms with Crippen molar-refractivity contribution in [1.82, 2.24) is 5.32 Å². The normalized spacial score (nSPS) is 28.3. The minimum Gasteiger partial charge on any atom is -0.394 e. The number of ether oxygens (including phenoxy) is 2. The highest BCUT2D eigenvalue weighted by molar-refractivity contribution is 5.73. The minimum atomic E-state index is -1.27. The number of rotatable bonds is 14. The molecule has 7 heteroatoms. The van der Waals surface area contributed by atoms with E-state index in [2.05, 4.69) is 12.2 Å². The van der Waals surface area contributed by atoms with Crippen LogP contribution in [0.4, 0.5) is 0 Å². The fourth-order valence-electron chi connectivity index (χ4n) is 3.40.